The van der Waals surface area contributed by atoms with Gasteiger partial charge in [0.05, 0.1) is 22.9 Å². The van der Waals surface area contributed by atoms with Crippen LogP contribution in [-0.2, 0) is 24.6 Å². The largest absolute Gasteiger partial charge is 0.481 e. The molecule has 1 N–H and O–H groups in total. The third-order valence-electron chi connectivity index (χ3n) is 3.23. The lowest BCUT2D eigenvalue weighted by atomic mass is 10.1. The monoisotopic (exact) mass is 316 g/mol. The van der Waals surface area contributed by atoms with Crippen LogP contribution in [0.25, 0.3) is 10.9 Å². The highest BCUT2D eigenvalue weighted by molar-refractivity contribution is 5.79. The quantitative estimate of drug-likeness (QED) is 0.922. The fraction of sp³-hybridized carbons (Fsp3) is 0.308. The fourth-order valence-corrected chi connectivity index (χ4v) is 2.10. The number of fused-ring (bicyclic) bond motifs is 1. The summed E-state index contributed by atoms with van der Waals surface area (Å²) in [6, 6.07) is 2.49. The number of aryl methyl sites for hydroxylation is 1. The summed E-state index contributed by atoms with van der Waals surface area (Å²) in [5, 5.41) is 8.33. The zero-order valence-corrected chi connectivity index (χ0v) is 11.3. The Balaban J connectivity index is 2.75. The molecule has 0 aliphatic rings. The van der Waals surface area contributed by atoms with Crippen molar-refractivity contribution >= 4 is 16.9 Å². The molecule has 0 saturated carbocycles. The average Bonchev–Trinajstić information content (AvgIpc) is 2.43. The second kappa shape index (κ2) is 5.32. The summed E-state index contributed by atoms with van der Waals surface area (Å²) in [5.74, 6) is -1.22. The van der Waals surface area contributed by atoms with Gasteiger partial charge in [-0.25, -0.2) is 4.79 Å². The van der Waals surface area contributed by atoms with Crippen molar-refractivity contribution in [2.24, 2.45) is 7.05 Å². The zero-order valence-electron chi connectivity index (χ0n) is 11.3. The number of hydrogen-bond donors (Lipinski definition) is 1. The molecule has 0 aliphatic heterocycles. The number of hydrogen-bond acceptors (Lipinski definition) is 3. The van der Waals surface area contributed by atoms with Gasteiger partial charge in [0.1, 0.15) is 0 Å². The van der Waals surface area contributed by atoms with E-state index in [1.54, 1.807) is 0 Å². The van der Waals surface area contributed by atoms with Crippen LogP contribution in [0.4, 0.5) is 13.2 Å². The molecular weight excluding hydrogens is 305 g/mol. The van der Waals surface area contributed by atoms with Crippen molar-refractivity contribution in [3.8, 4) is 0 Å². The average molecular weight is 316 g/mol. The first-order chi connectivity index (χ1) is 10.1. The van der Waals surface area contributed by atoms with E-state index in [1.165, 1.54) is 7.05 Å². The van der Waals surface area contributed by atoms with Crippen LogP contribution in [0.2, 0.25) is 0 Å². The lowest BCUT2D eigenvalue weighted by Gasteiger charge is -2.12. The first-order valence-corrected chi connectivity index (χ1v) is 6.15. The van der Waals surface area contributed by atoms with Gasteiger partial charge in [0.25, 0.3) is 5.56 Å². The van der Waals surface area contributed by atoms with Crippen molar-refractivity contribution in [2.75, 3.05) is 0 Å². The molecular formula is C13H11F3N2O4. The van der Waals surface area contributed by atoms with Crippen LogP contribution in [-0.4, -0.2) is 20.2 Å². The number of benzene rings is 1. The van der Waals surface area contributed by atoms with Crippen LogP contribution in [0.5, 0.6) is 0 Å². The molecule has 0 aliphatic carbocycles. The predicted octanol–water partition coefficient (Wildman–Crippen LogP) is 1.19. The number of aromatic nitrogens is 2. The van der Waals surface area contributed by atoms with Gasteiger partial charge in [0, 0.05) is 13.6 Å². The summed E-state index contributed by atoms with van der Waals surface area (Å²) < 4.78 is 39.8. The molecule has 0 atom stereocenters. The molecule has 6 nitrogen and oxygen atoms in total. The number of aliphatic carboxylic acids is 1. The van der Waals surface area contributed by atoms with Gasteiger partial charge in [0.2, 0.25) is 0 Å². The van der Waals surface area contributed by atoms with Crippen LogP contribution >= 0.6 is 0 Å². The van der Waals surface area contributed by atoms with Crippen LogP contribution in [0.15, 0.2) is 27.8 Å². The standard InChI is InChI=1S/C13H11F3N2O4/c1-17-9-3-2-7(13(14,15)16)6-8(9)11(21)18(12(17)22)5-4-10(19)20/h2-3,6H,4-5H2,1H3,(H,19,20). The molecule has 9 heteroatoms. The summed E-state index contributed by atoms with van der Waals surface area (Å²) in [7, 11) is 1.30. The van der Waals surface area contributed by atoms with Crippen molar-refractivity contribution in [1.29, 1.82) is 0 Å². The fourth-order valence-electron chi connectivity index (χ4n) is 2.10. The van der Waals surface area contributed by atoms with Crippen LogP contribution in [0, 0.1) is 0 Å². The Kier molecular flexibility index (Phi) is 3.82. The van der Waals surface area contributed by atoms with E-state index in [9.17, 15) is 27.6 Å². The summed E-state index contributed by atoms with van der Waals surface area (Å²) >= 11 is 0. The van der Waals surface area contributed by atoms with Crippen molar-refractivity contribution in [1.82, 2.24) is 9.13 Å². The highest BCUT2D eigenvalue weighted by atomic mass is 19.4. The number of halogens is 3. The van der Waals surface area contributed by atoms with Crippen molar-refractivity contribution in [2.45, 2.75) is 19.1 Å². The highest BCUT2D eigenvalue weighted by Gasteiger charge is 2.31. The minimum Gasteiger partial charge on any atom is -0.481 e. The second-order valence-electron chi connectivity index (χ2n) is 4.67. The SMILES string of the molecule is Cn1c(=O)n(CCC(=O)O)c(=O)c2cc(C(F)(F)F)ccc21. The van der Waals surface area contributed by atoms with Gasteiger partial charge in [-0.3, -0.25) is 18.7 Å². The molecule has 2 rings (SSSR count). The molecule has 0 amide bonds. The molecule has 0 fully saturated rings. The molecule has 0 radical (unpaired) electrons. The van der Waals surface area contributed by atoms with Crippen molar-refractivity contribution < 1.29 is 23.1 Å². The molecule has 2 aromatic rings. The van der Waals surface area contributed by atoms with E-state index in [0.717, 1.165) is 16.7 Å². The molecule has 22 heavy (non-hydrogen) atoms. The number of nitrogens with zero attached hydrogens (tertiary/aromatic N) is 2. The Morgan fingerprint density at radius 3 is 2.45 bits per heavy atom. The smallest absolute Gasteiger partial charge is 0.416 e. The zero-order chi connectivity index (χ0) is 16.7. The molecule has 1 aromatic carbocycles. The maximum Gasteiger partial charge on any atom is 0.416 e. The van der Waals surface area contributed by atoms with Gasteiger partial charge in [-0.2, -0.15) is 13.2 Å². The molecule has 118 valence electrons. The lowest BCUT2D eigenvalue weighted by molar-refractivity contribution is -0.138. The first-order valence-electron chi connectivity index (χ1n) is 6.15. The van der Waals surface area contributed by atoms with Crippen LogP contribution in [0.3, 0.4) is 0 Å². The predicted molar refractivity (Wildman–Crippen MR) is 70.7 cm³/mol. The Labute approximate surface area is 121 Å². The minimum absolute atomic E-state index is 0.0505. The number of rotatable bonds is 3. The molecule has 0 spiro atoms. The molecule has 1 heterocycles. The Bertz CT molecular complexity index is 864. The van der Waals surface area contributed by atoms with E-state index >= 15 is 0 Å². The molecule has 0 bridgehead atoms. The number of carboxylic acids is 1. The third kappa shape index (κ3) is 2.74. The van der Waals surface area contributed by atoms with Gasteiger partial charge in [-0.15, -0.1) is 0 Å². The number of carbonyl (C=O) groups is 1. The van der Waals surface area contributed by atoms with Gasteiger partial charge in [-0.05, 0) is 18.2 Å². The Morgan fingerprint density at radius 2 is 1.91 bits per heavy atom. The molecule has 1 aromatic heterocycles. The topological polar surface area (TPSA) is 81.3 Å². The molecule has 0 saturated heterocycles. The van der Waals surface area contributed by atoms with Gasteiger partial charge >= 0.3 is 17.8 Å². The summed E-state index contributed by atoms with van der Waals surface area (Å²) in [4.78, 5) is 34.7. The highest BCUT2D eigenvalue weighted by Crippen LogP contribution is 2.30. The van der Waals surface area contributed by atoms with E-state index in [2.05, 4.69) is 0 Å². The summed E-state index contributed by atoms with van der Waals surface area (Å²) in [6.45, 7) is -0.410. The van der Waals surface area contributed by atoms with Crippen molar-refractivity contribution in [3.63, 3.8) is 0 Å². The summed E-state index contributed by atoms with van der Waals surface area (Å²) in [6.07, 6.45) is -5.11. The molecule has 0 unspecified atom stereocenters. The normalized spacial score (nSPS) is 11.8. The van der Waals surface area contributed by atoms with Gasteiger partial charge in [-0.1, -0.05) is 0 Å². The van der Waals surface area contributed by atoms with E-state index in [0.29, 0.717) is 10.6 Å². The minimum atomic E-state index is -4.62. The van der Waals surface area contributed by atoms with E-state index < -0.39 is 41.9 Å². The van der Waals surface area contributed by atoms with E-state index in [4.69, 9.17) is 5.11 Å². The maximum absolute atomic E-state index is 12.7. The number of carboxylic acid groups (broad SMARTS) is 1. The van der Waals surface area contributed by atoms with Gasteiger partial charge in [0.15, 0.2) is 0 Å². The van der Waals surface area contributed by atoms with Crippen molar-refractivity contribution in [3.05, 3.63) is 44.6 Å². The lowest BCUT2D eigenvalue weighted by Crippen LogP contribution is -2.39. The Hall–Kier alpha value is -2.58. The summed E-state index contributed by atoms with van der Waals surface area (Å²) in [5.41, 5.74) is -2.68. The number of alkyl halides is 3. The van der Waals surface area contributed by atoms with Crippen LogP contribution in [0.1, 0.15) is 12.0 Å². The van der Waals surface area contributed by atoms with Crippen LogP contribution < -0.4 is 11.2 Å². The Morgan fingerprint density at radius 1 is 1.27 bits per heavy atom. The first kappa shape index (κ1) is 15.8. The third-order valence-corrected chi connectivity index (χ3v) is 3.23. The maximum atomic E-state index is 12.7. The van der Waals surface area contributed by atoms with E-state index in [-0.39, 0.29) is 10.9 Å². The van der Waals surface area contributed by atoms with E-state index in [1.807, 2.05) is 0 Å². The second-order valence-corrected chi connectivity index (χ2v) is 4.67. The van der Waals surface area contributed by atoms with Gasteiger partial charge < -0.3 is 5.11 Å².